The van der Waals surface area contributed by atoms with Gasteiger partial charge in [0.1, 0.15) is 0 Å². The van der Waals surface area contributed by atoms with Gasteiger partial charge < -0.3 is 14.4 Å². The van der Waals surface area contributed by atoms with E-state index in [-0.39, 0.29) is 5.91 Å². The Labute approximate surface area is 162 Å². The molecular weight excluding hydrogens is 358 g/mol. The molecular formula is C20H21N5O3. The van der Waals surface area contributed by atoms with Gasteiger partial charge in [0.05, 0.1) is 43.6 Å². The first-order chi connectivity index (χ1) is 13.7. The summed E-state index contributed by atoms with van der Waals surface area (Å²) in [7, 11) is 1.57. The quantitative estimate of drug-likeness (QED) is 0.691. The first kappa shape index (κ1) is 18.1. The molecule has 0 unspecified atom stereocenters. The smallest absolute Gasteiger partial charge is 0.274 e. The van der Waals surface area contributed by atoms with Crippen LogP contribution in [0.2, 0.25) is 0 Å². The highest BCUT2D eigenvalue weighted by molar-refractivity contribution is 5.93. The summed E-state index contributed by atoms with van der Waals surface area (Å²) in [6.07, 6.45) is 1.66. The van der Waals surface area contributed by atoms with Crippen LogP contribution in [0.25, 0.3) is 17.1 Å². The van der Waals surface area contributed by atoms with Crippen LogP contribution in [-0.4, -0.2) is 64.0 Å². The molecule has 28 heavy (non-hydrogen) atoms. The Morgan fingerprint density at radius 3 is 2.68 bits per heavy atom. The number of carbonyl (C=O) groups excluding carboxylic acids is 1. The van der Waals surface area contributed by atoms with Crippen molar-refractivity contribution in [1.29, 1.82) is 0 Å². The van der Waals surface area contributed by atoms with Crippen LogP contribution >= 0.6 is 0 Å². The maximum absolute atomic E-state index is 12.9. The molecule has 0 aliphatic carbocycles. The summed E-state index contributed by atoms with van der Waals surface area (Å²) in [6, 6.07) is 11.2. The summed E-state index contributed by atoms with van der Waals surface area (Å²) in [4.78, 5) is 23.5. The summed E-state index contributed by atoms with van der Waals surface area (Å²) < 4.78 is 12.2. The van der Waals surface area contributed by atoms with E-state index in [2.05, 4.69) is 15.1 Å². The van der Waals surface area contributed by atoms with E-state index >= 15 is 0 Å². The van der Waals surface area contributed by atoms with E-state index in [1.807, 2.05) is 31.2 Å². The Bertz CT molecular complexity index is 978. The van der Waals surface area contributed by atoms with Gasteiger partial charge in [0.2, 0.25) is 5.88 Å². The monoisotopic (exact) mass is 379 g/mol. The molecule has 144 valence electrons. The molecule has 8 nitrogen and oxygen atoms in total. The van der Waals surface area contributed by atoms with Gasteiger partial charge >= 0.3 is 0 Å². The molecule has 0 aromatic carbocycles. The molecule has 0 bridgehead atoms. The molecule has 1 saturated heterocycles. The van der Waals surface area contributed by atoms with Crippen LogP contribution in [0.3, 0.4) is 0 Å². The molecule has 8 heteroatoms. The molecule has 0 N–H and O–H groups in total. The van der Waals surface area contributed by atoms with Crippen LogP contribution < -0.4 is 4.74 Å². The predicted molar refractivity (Wildman–Crippen MR) is 103 cm³/mol. The first-order valence-corrected chi connectivity index (χ1v) is 9.07. The number of aryl methyl sites for hydroxylation is 1. The zero-order chi connectivity index (χ0) is 19.5. The van der Waals surface area contributed by atoms with Crippen molar-refractivity contribution in [2.24, 2.45) is 0 Å². The fourth-order valence-electron chi connectivity index (χ4n) is 3.10. The van der Waals surface area contributed by atoms with Crippen LogP contribution in [0.5, 0.6) is 5.88 Å². The Kier molecular flexibility index (Phi) is 5.03. The molecule has 3 aromatic rings. The number of methoxy groups -OCH3 is 1. The Morgan fingerprint density at radius 1 is 1.18 bits per heavy atom. The number of rotatable bonds is 4. The summed E-state index contributed by atoms with van der Waals surface area (Å²) in [6.45, 7) is 4.14. The third-order valence-corrected chi connectivity index (χ3v) is 4.55. The van der Waals surface area contributed by atoms with Gasteiger partial charge in [0.15, 0.2) is 5.69 Å². The molecule has 1 fully saturated rings. The second kappa shape index (κ2) is 7.77. The molecule has 4 rings (SSSR count). The highest BCUT2D eigenvalue weighted by atomic mass is 16.5. The molecule has 1 amide bonds. The van der Waals surface area contributed by atoms with Gasteiger partial charge in [-0.1, -0.05) is 6.07 Å². The van der Waals surface area contributed by atoms with Crippen molar-refractivity contribution in [3.8, 4) is 23.0 Å². The van der Waals surface area contributed by atoms with Gasteiger partial charge in [-0.05, 0) is 31.2 Å². The number of carbonyl (C=O) groups is 1. The van der Waals surface area contributed by atoms with Crippen molar-refractivity contribution in [1.82, 2.24) is 24.6 Å². The molecule has 3 aromatic heterocycles. The summed E-state index contributed by atoms with van der Waals surface area (Å²) in [5.41, 5.74) is 3.45. The van der Waals surface area contributed by atoms with Gasteiger partial charge in [0, 0.05) is 24.8 Å². The number of amides is 1. The van der Waals surface area contributed by atoms with Crippen LogP contribution in [0.4, 0.5) is 0 Å². The number of nitrogens with zero attached hydrogens (tertiary/aromatic N) is 5. The number of morpholine rings is 1. The fraction of sp³-hybridized carbons (Fsp3) is 0.300. The van der Waals surface area contributed by atoms with E-state index in [0.29, 0.717) is 37.9 Å². The van der Waals surface area contributed by atoms with Gasteiger partial charge in [-0.25, -0.2) is 9.67 Å². The Morgan fingerprint density at radius 2 is 2.00 bits per heavy atom. The van der Waals surface area contributed by atoms with Gasteiger partial charge in [-0.2, -0.15) is 5.10 Å². The topological polar surface area (TPSA) is 82.4 Å². The van der Waals surface area contributed by atoms with Crippen LogP contribution in [-0.2, 0) is 4.74 Å². The highest BCUT2D eigenvalue weighted by Crippen LogP contribution is 2.24. The third-order valence-electron chi connectivity index (χ3n) is 4.55. The van der Waals surface area contributed by atoms with Crippen LogP contribution in [0.1, 0.15) is 16.2 Å². The summed E-state index contributed by atoms with van der Waals surface area (Å²) in [5.74, 6) is 0.396. The van der Waals surface area contributed by atoms with E-state index in [1.165, 1.54) is 0 Å². The highest BCUT2D eigenvalue weighted by Gasteiger charge is 2.23. The number of hydrogen-bond donors (Lipinski definition) is 0. The molecule has 0 saturated carbocycles. The van der Waals surface area contributed by atoms with E-state index < -0.39 is 0 Å². The van der Waals surface area contributed by atoms with Gasteiger partial charge in [-0.15, -0.1) is 0 Å². The normalized spacial score (nSPS) is 14.1. The number of aromatic nitrogens is 4. The molecule has 0 atom stereocenters. The Hall–Kier alpha value is -3.26. The maximum Gasteiger partial charge on any atom is 0.274 e. The zero-order valence-electron chi connectivity index (χ0n) is 15.8. The largest absolute Gasteiger partial charge is 0.481 e. The lowest BCUT2D eigenvalue weighted by Crippen LogP contribution is -2.40. The van der Waals surface area contributed by atoms with Crippen molar-refractivity contribution < 1.29 is 14.3 Å². The van der Waals surface area contributed by atoms with Crippen LogP contribution in [0.15, 0.2) is 42.6 Å². The second-order valence-electron chi connectivity index (χ2n) is 6.45. The van der Waals surface area contributed by atoms with E-state index in [4.69, 9.17) is 9.47 Å². The predicted octanol–water partition coefficient (Wildman–Crippen LogP) is 2.12. The zero-order valence-corrected chi connectivity index (χ0v) is 15.8. The van der Waals surface area contributed by atoms with Crippen molar-refractivity contribution >= 4 is 5.91 Å². The second-order valence-corrected chi connectivity index (χ2v) is 6.45. The van der Waals surface area contributed by atoms with Crippen LogP contribution in [0, 0.1) is 6.92 Å². The van der Waals surface area contributed by atoms with Crippen molar-refractivity contribution in [2.75, 3.05) is 33.4 Å². The Balaban J connectivity index is 1.78. The van der Waals surface area contributed by atoms with E-state index in [1.54, 1.807) is 35.0 Å². The molecule has 1 aliphatic rings. The number of hydrogen-bond acceptors (Lipinski definition) is 6. The minimum absolute atomic E-state index is 0.113. The van der Waals surface area contributed by atoms with E-state index in [0.717, 1.165) is 22.8 Å². The SMILES string of the molecule is COc1ccc(-n2nc(C(=O)N3CCOCC3)cc2-c2cccc(C)n2)cn1. The molecule has 0 spiro atoms. The lowest BCUT2D eigenvalue weighted by molar-refractivity contribution is 0.0298. The third kappa shape index (κ3) is 3.59. The lowest BCUT2D eigenvalue weighted by Gasteiger charge is -2.25. The lowest BCUT2D eigenvalue weighted by atomic mass is 10.2. The standard InChI is InChI=1S/C20H21N5O3/c1-14-4-3-5-16(22-14)18-12-17(20(26)24-8-10-28-11-9-24)23-25(18)15-6-7-19(27-2)21-13-15/h3-7,12-13H,8-11H2,1-2H3. The average Bonchev–Trinajstić information content (AvgIpc) is 3.19. The van der Waals surface area contributed by atoms with Crippen molar-refractivity contribution in [2.45, 2.75) is 6.92 Å². The maximum atomic E-state index is 12.9. The fourth-order valence-corrected chi connectivity index (χ4v) is 3.10. The average molecular weight is 379 g/mol. The first-order valence-electron chi connectivity index (χ1n) is 9.07. The summed E-state index contributed by atoms with van der Waals surface area (Å²) in [5, 5.41) is 4.58. The van der Waals surface area contributed by atoms with E-state index in [9.17, 15) is 4.79 Å². The van der Waals surface area contributed by atoms with Crippen molar-refractivity contribution in [3.63, 3.8) is 0 Å². The van der Waals surface area contributed by atoms with Gasteiger partial charge in [0.25, 0.3) is 5.91 Å². The summed E-state index contributed by atoms with van der Waals surface area (Å²) >= 11 is 0. The minimum Gasteiger partial charge on any atom is -0.481 e. The molecule has 0 radical (unpaired) electrons. The molecule has 1 aliphatic heterocycles. The minimum atomic E-state index is -0.113. The van der Waals surface area contributed by atoms with Crippen molar-refractivity contribution in [3.05, 3.63) is 54.0 Å². The van der Waals surface area contributed by atoms with Gasteiger partial charge in [-0.3, -0.25) is 9.78 Å². The molecule has 4 heterocycles. The number of pyridine rings is 2. The number of ether oxygens (including phenoxy) is 2.